The highest BCUT2D eigenvalue weighted by atomic mass is 32.2. The Morgan fingerprint density at radius 1 is 0.882 bits per heavy atom. The molecule has 10 atom stereocenters. The van der Waals surface area contributed by atoms with E-state index >= 15 is 0 Å². The number of sulfone groups is 1. The van der Waals surface area contributed by atoms with E-state index in [1.807, 2.05) is 27.7 Å². The highest BCUT2D eigenvalue weighted by molar-refractivity contribution is 7.91. The number of hydrogen-bond donors (Lipinski definition) is 1. The maximum Gasteiger partial charge on any atom is 0.311 e. The minimum atomic E-state index is -3.85. The summed E-state index contributed by atoms with van der Waals surface area (Å²) in [5.41, 5.74) is 0.802. The van der Waals surface area contributed by atoms with E-state index in [0.29, 0.717) is 57.3 Å². The quantitative estimate of drug-likeness (QED) is 0.0306. The lowest BCUT2D eigenvalue weighted by molar-refractivity contribution is -0.153. The zero-order valence-corrected chi connectivity index (χ0v) is 48.1. The second-order valence-electron chi connectivity index (χ2n) is 23.6. The normalized spacial score (nSPS) is 24.2. The van der Waals surface area contributed by atoms with Crippen LogP contribution in [0.15, 0.2) is 59.5 Å². The maximum atomic E-state index is 14.1. The van der Waals surface area contributed by atoms with Crippen molar-refractivity contribution >= 4 is 42.6 Å². The van der Waals surface area contributed by atoms with Gasteiger partial charge in [-0.2, -0.15) is 8.42 Å². The fourth-order valence-corrected chi connectivity index (χ4v) is 13.0. The first kappa shape index (κ1) is 60.5. The van der Waals surface area contributed by atoms with Gasteiger partial charge < -0.3 is 32.9 Å². The van der Waals surface area contributed by atoms with Crippen molar-refractivity contribution in [3.8, 4) is 0 Å². The molecule has 2 aliphatic rings. The lowest BCUT2D eigenvalue weighted by Gasteiger charge is -2.42. The van der Waals surface area contributed by atoms with Crippen LogP contribution in [0.1, 0.15) is 121 Å². The average molecular weight is 1030 g/mol. The SMILES string of the molecule is C=C1C[C@H](CCCOC(=O)C(C)(C)C)O[C@H]1CC[C@H](C[C@@H](C)C(=C)[C@@H](O)C[C@@H]1O[C@H](C[C@@H](CO[Si](C)(C)C(C)(C)C)O[Si](C)(C)C(C)(C)C)[C@H](OC)[C@H]1CS(=O)(=O)c1ccccc1)OS(C)(=O)=O. The number of carbonyl (C=O) groups is 1. The number of benzene rings is 1. The molecule has 3 rings (SSSR count). The van der Waals surface area contributed by atoms with Crippen LogP contribution < -0.4 is 0 Å². The molecule has 2 heterocycles. The topological polar surface area (TPSA) is 170 Å². The van der Waals surface area contributed by atoms with Crippen molar-refractivity contribution in [2.24, 2.45) is 17.3 Å². The number of methoxy groups -OCH3 is 1. The molecule has 392 valence electrons. The molecule has 1 N–H and O–H groups in total. The molecular formula is C51H90O13S2Si2. The summed E-state index contributed by atoms with van der Waals surface area (Å²) < 4.78 is 97.5. The molecular weight excluding hydrogens is 941 g/mol. The van der Waals surface area contributed by atoms with Gasteiger partial charge >= 0.3 is 5.97 Å². The molecule has 2 aliphatic heterocycles. The summed E-state index contributed by atoms with van der Waals surface area (Å²) in [5.74, 6) is -1.58. The number of aliphatic hydroxyl groups is 1. The van der Waals surface area contributed by atoms with Crippen molar-refractivity contribution in [2.45, 2.75) is 211 Å². The smallest absolute Gasteiger partial charge is 0.311 e. The van der Waals surface area contributed by atoms with E-state index in [9.17, 15) is 26.7 Å². The zero-order valence-electron chi connectivity index (χ0n) is 44.5. The van der Waals surface area contributed by atoms with Gasteiger partial charge in [-0.15, -0.1) is 0 Å². The highest BCUT2D eigenvalue weighted by Crippen LogP contribution is 2.43. The number of rotatable bonds is 26. The summed E-state index contributed by atoms with van der Waals surface area (Å²) in [4.78, 5) is 12.4. The van der Waals surface area contributed by atoms with E-state index in [1.54, 1.807) is 37.4 Å². The van der Waals surface area contributed by atoms with Gasteiger partial charge in [0.1, 0.15) is 0 Å². The summed E-state index contributed by atoms with van der Waals surface area (Å²) in [7, 11) is -10.6. The average Bonchev–Trinajstić information content (AvgIpc) is 3.71. The van der Waals surface area contributed by atoms with Gasteiger partial charge in [0.15, 0.2) is 26.5 Å². The number of hydrogen-bond acceptors (Lipinski definition) is 13. The van der Waals surface area contributed by atoms with Gasteiger partial charge in [0.25, 0.3) is 10.1 Å². The predicted octanol–water partition coefficient (Wildman–Crippen LogP) is 10.2. The van der Waals surface area contributed by atoms with Crippen LogP contribution >= 0.6 is 0 Å². The van der Waals surface area contributed by atoms with Crippen LogP contribution in [0.4, 0.5) is 0 Å². The summed E-state index contributed by atoms with van der Waals surface area (Å²) in [6.45, 7) is 38.5. The third kappa shape index (κ3) is 18.1. The molecule has 13 nitrogen and oxygen atoms in total. The zero-order chi connectivity index (χ0) is 51.8. The maximum absolute atomic E-state index is 14.1. The second kappa shape index (κ2) is 24.3. The Bertz CT molecular complexity index is 2020. The Morgan fingerprint density at radius 3 is 2.03 bits per heavy atom. The Hall–Kier alpha value is -1.78. The fraction of sp³-hybridized carbons (Fsp3) is 0.784. The van der Waals surface area contributed by atoms with E-state index in [1.165, 1.54) is 0 Å². The van der Waals surface area contributed by atoms with Crippen molar-refractivity contribution in [3.63, 3.8) is 0 Å². The highest BCUT2D eigenvalue weighted by Gasteiger charge is 2.50. The standard InChI is InChI=1S/C51H90O13S2Si2/c1-35(29-39(63-65(14,54)55)26-27-44-36(2)30-38(61-44)23-22-28-59-48(53)49(4,5)6)37(3)43(52)32-45-42(34-66(56,57)41-24-20-19-21-25-41)47(58-13)46(62-45)31-40(64-68(17,18)51(10,11)12)33-60-67(15,16)50(7,8)9/h19-21,24-25,35,38-40,42-47,52H,2-3,22-23,26-34H2,1,4-18H3/t35-,38+,39-,40+,42+,43+,44+,45+,46-,47-/m1/s1. The van der Waals surface area contributed by atoms with Crippen molar-refractivity contribution in [1.29, 1.82) is 0 Å². The number of aliphatic hydroxyl groups excluding tert-OH is 1. The van der Waals surface area contributed by atoms with Crippen LogP contribution in [0.5, 0.6) is 0 Å². The molecule has 0 amide bonds. The molecule has 0 spiro atoms. The van der Waals surface area contributed by atoms with Gasteiger partial charge in [-0.3, -0.25) is 8.98 Å². The second-order valence-corrected chi connectivity index (χ2v) is 36.8. The van der Waals surface area contributed by atoms with E-state index in [2.05, 4.69) is 80.9 Å². The van der Waals surface area contributed by atoms with Gasteiger partial charge in [0, 0.05) is 25.9 Å². The van der Waals surface area contributed by atoms with Gasteiger partial charge in [0.05, 0.1) is 84.4 Å². The first-order valence-corrected chi connectivity index (χ1v) is 33.8. The van der Waals surface area contributed by atoms with Crippen molar-refractivity contribution in [3.05, 3.63) is 54.6 Å². The Morgan fingerprint density at radius 2 is 1.49 bits per heavy atom. The molecule has 2 saturated heterocycles. The molecule has 0 aromatic heterocycles. The van der Waals surface area contributed by atoms with Crippen LogP contribution in [-0.4, -0.2) is 126 Å². The molecule has 0 aliphatic carbocycles. The number of ether oxygens (including phenoxy) is 4. The number of esters is 1. The third-order valence-corrected chi connectivity index (χ3v) is 26.1. The third-order valence-electron chi connectivity index (χ3n) is 14.6. The van der Waals surface area contributed by atoms with Crippen molar-refractivity contribution in [1.82, 2.24) is 0 Å². The molecule has 0 saturated carbocycles. The minimum absolute atomic E-state index is 0.0297. The Labute approximate surface area is 414 Å². The van der Waals surface area contributed by atoms with E-state index < -0.39 is 84.4 Å². The largest absolute Gasteiger partial charge is 0.465 e. The molecule has 2 fully saturated rings. The summed E-state index contributed by atoms with van der Waals surface area (Å²) in [5, 5.41) is 11.8. The van der Waals surface area contributed by atoms with Crippen molar-refractivity contribution in [2.75, 3.05) is 32.3 Å². The van der Waals surface area contributed by atoms with Crippen LogP contribution in [0.3, 0.4) is 0 Å². The first-order chi connectivity index (χ1) is 31.0. The molecule has 1 aromatic rings. The molecule has 0 unspecified atom stereocenters. The molecule has 0 radical (unpaired) electrons. The van der Waals surface area contributed by atoms with Crippen molar-refractivity contribution < 1.29 is 58.7 Å². The Balaban J connectivity index is 1.82. The Kier molecular flexibility index (Phi) is 21.6. The first-order valence-electron chi connectivity index (χ1n) is 24.5. The predicted molar refractivity (Wildman–Crippen MR) is 276 cm³/mol. The van der Waals surface area contributed by atoms with E-state index in [0.717, 1.165) is 11.8 Å². The molecule has 0 bridgehead atoms. The molecule has 17 heteroatoms. The van der Waals surface area contributed by atoms with Gasteiger partial charge in [-0.1, -0.05) is 79.8 Å². The van der Waals surface area contributed by atoms with Crippen LogP contribution in [0, 0.1) is 17.3 Å². The lowest BCUT2D eigenvalue weighted by atomic mass is 9.86. The van der Waals surface area contributed by atoms with Gasteiger partial charge in [-0.25, -0.2) is 8.42 Å². The fourth-order valence-electron chi connectivity index (χ4n) is 8.31. The molecule has 68 heavy (non-hydrogen) atoms. The summed E-state index contributed by atoms with van der Waals surface area (Å²) in [6.07, 6.45) is -0.0837. The van der Waals surface area contributed by atoms with Crippen LogP contribution in [-0.2, 0) is 56.7 Å². The van der Waals surface area contributed by atoms with Crippen LogP contribution in [0.25, 0.3) is 0 Å². The van der Waals surface area contributed by atoms with Gasteiger partial charge in [-0.05, 0) is 125 Å². The van der Waals surface area contributed by atoms with E-state index in [4.69, 9.17) is 32.0 Å². The summed E-state index contributed by atoms with van der Waals surface area (Å²) >= 11 is 0. The molecule has 1 aromatic carbocycles. The van der Waals surface area contributed by atoms with Gasteiger partial charge in [0.2, 0.25) is 0 Å². The number of carbonyl (C=O) groups excluding carboxylic acids is 1. The minimum Gasteiger partial charge on any atom is -0.465 e. The van der Waals surface area contributed by atoms with Crippen LogP contribution in [0.2, 0.25) is 36.3 Å². The summed E-state index contributed by atoms with van der Waals surface area (Å²) in [6, 6.07) is 8.32. The lowest BCUT2D eigenvalue weighted by Crippen LogP contribution is -2.49. The monoisotopic (exact) mass is 1030 g/mol. The van der Waals surface area contributed by atoms with E-state index in [-0.39, 0.29) is 57.8 Å².